The van der Waals surface area contributed by atoms with E-state index in [0.717, 1.165) is 5.92 Å². The molecule has 1 aliphatic heterocycles. The summed E-state index contributed by atoms with van der Waals surface area (Å²) in [6.45, 7) is 13.1. The quantitative estimate of drug-likeness (QED) is 0.795. The molecule has 0 aromatic heterocycles. The fourth-order valence-corrected chi connectivity index (χ4v) is 3.62. The number of nitrogens with one attached hydrogen (secondary N) is 1. The van der Waals surface area contributed by atoms with Crippen LogP contribution in [0.15, 0.2) is 0 Å². The maximum Gasteiger partial charge on any atom is 0.0335 e. The molecule has 1 spiro atoms. The first-order chi connectivity index (χ1) is 7.94. The van der Waals surface area contributed by atoms with E-state index < -0.39 is 0 Å². The van der Waals surface area contributed by atoms with E-state index in [1.807, 2.05) is 0 Å². The molecule has 17 heavy (non-hydrogen) atoms. The lowest BCUT2D eigenvalue weighted by Crippen LogP contribution is -2.69. The van der Waals surface area contributed by atoms with Gasteiger partial charge in [-0.05, 0) is 32.6 Å². The van der Waals surface area contributed by atoms with Crippen LogP contribution in [-0.4, -0.2) is 35.6 Å². The standard InChI is InChI=1S/C15H30N2/c1-13(2)10-17-12-14(3,4)16-11-15(17)8-6-5-7-9-15/h13,16H,5-12H2,1-4H3. The minimum Gasteiger partial charge on any atom is -0.309 e. The van der Waals surface area contributed by atoms with Gasteiger partial charge in [0.05, 0.1) is 0 Å². The molecule has 0 unspecified atom stereocenters. The van der Waals surface area contributed by atoms with Gasteiger partial charge in [0.15, 0.2) is 0 Å². The predicted molar refractivity (Wildman–Crippen MR) is 74.3 cm³/mol. The van der Waals surface area contributed by atoms with Crippen molar-refractivity contribution in [2.45, 2.75) is 70.9 Å². The Labute approximate surface area is 107 Å². The van der Waals surface area contributed by atoms with Crippen molar-refractivity contribution in [3.05, 3.63) is 0 Å². The summed E-state index contributed by atoms with van der Waals surface area (Å²) in [5, 5.41) is 3.78. The van der Waals surface area contributed by atoms with Crippen LogP contribution in [0.5, 0.6) is 0 Å². The highest BCUT2D eigenvalue weighted by Crippen LogP contribution is 2.37. The first kappa shape index (κ1) is 13.4. The largest absolute Gasteiger partial charge is 0.309 e. The monoisotopic (exact) mass is 238 g/mol. The second-order valence-electron chi connectivity index (χ2n) is 7.30. The Bertz CT molecular complexity index is 252. The predicted octanol–water partition coefficient (Wildman–Crippen LogP) is 3.03. The molecule has 0 aromatic carbocycles. The van der Waals surface area contributed by atoms with Gasteiger partial charge in [-0.1, -0.05) is 33.1 Å². The molecule has 0 bridgehead atoms. The van der Waals surface area contributed by atoms with Crippen LogP contribution in [-0.2, 0) is 0 Å². The number of piperazine rings is 1. The lowest BCUT2D eigenvalue weighted by molar-refractivity contribution is -0.0170. The van der Waals surface area contributed by atoms with Gasteiger partial charge in [-0.25, -0.2) is 0 Å². The van der Waals surface area contributed by atoms with E-state index in [4.69, 9.17) is 0 Å². The van der Waals surface area contributed by atoms with E-state index in [1.54, 1.807) is 0 Å². The molecule has 1 saturated carbocycles. The topological polar surface area (TPSA) is 15.3 Å². The van der Waals surface area contributed by atoms with E-state index in [-0.39, 0.29) is 5.54 Å². The summed E-state index contributed by atoms with van der Waals surface area (Å²) in [5.74, 6) is 0.780. The van der Waals surface area contributed by atoms with Crippen LogP contribution >= 0.6 is 0 Å². The normalized spacial score (nSPS) is 28.8. The third-order valence-electron chi connectivity index (χ3n) is 4.52. The molecule has 1 aliphatic carbocycles. The van der Waals surface area contributed by atoms with E-state index in [0.29, 0.717) is 5.54 Å². The molecule has 2 fully saturated rings. The SMILES string of the molecule is CC(C)CN1CC(C)(C)NCC12CCCCC2. The van der Waals surface area contributed by atoms with Gasteiger partial charge >= 0.3 is 0 Å². The Balaban J connectivity index is 2.12. The van der Waals surface area contributed by atoms with Crippen molar-refractivity contribution in [1.29, 1.82) is 0 Å². The third kappa shape index (κ3) is 3.03. The van der Waals surface area contributed by atoms with Crippen LogP contribution in [0.4, 0.5) is 0 Å². The number of hydrogen-bond acceptors (Lipinski definition) is 2. The Hall–Kier alpha value is -0.0800. The maximum atomic E-state index is 3.78. The minimum absolute atomic E-state index is 0.289. The van der Waals surface area contributed by atoms with Crippen LogP contribution in [0.2, 0.25) is 0 Å². The van der Waals surface area contributed by atoms with Crippen LogP contribution in [0, 0.1) is 5.92 Å². The lowest BCUT2D eigenvalue weighted by Gasteiger charge is -2.55. The fourth-order valence-electron chi connectivity index (χ4n) is 3.62. The Kier molecular flexibility index (Phi) is 3.84. The summed E-state index contributed by atoms with van der Waals surface area (Å²) in [6, 6.07) is 0. The molecule has 2 rings (SSSR count). The van der Waals surface area contributed by atoms with Gasteiger partial charge in [0.25, 0.3) is 0 Å². The molecule has 0 radical (unpaired) electrons. The maximum absolute atomic E-state index is 3.78. The van der Waals surface area contributed by atoms with Crippen molar-refractivity contribution in [3.63, 3.8) is 0 Å². The summed E-state index contributed by atoms with van der Waals surface area (Å²) in [6.07, 6.45) is 7.11. The summed E-state index contributed by atoms with van der Waals surface area (Å²) in [4.78, 5) is 2.81. The highest BCUT2D eigenvalue weighted by molar-refractivity contribution is 5.03. The van der Waals surface area contributed by atoms with Gasteiger partial charge in [-0.2, -0.15) is 0 Å². The number of rotatable bonds is 2. The number of nitrogens with zero attached hydrogens (tertiary/aromatic N) is 1. The van der Waals surface area contributed by atoms with Gasteiger partial charge < -0.3 is 5.32 Å². The highest BCUT2D eigenvalue weighted by Gasteiger charge is 2.44. The third-order valence-corrected chi connectivity index (χ3v) is 4.52. The van der Waals surface area contributed by atoms with Crippen LogP contribution < -0.4 is 5.32 Å². The van der Waals surface area contributed by atoms with Crippen molar-refractivity contribution in [1.82, 2.24) is 10.2 Å². The lowest BCUT2D eigenvalue weighted by atomic mass is 9.76. The van der Waals surface area contributed by atoms with Gasteiger partial charge in [0.2, 0.25) is 0 Å². The summed E-state index contributed by atoms with van der Waals surface area (Å²) >= 11 is 0. The molecule has 0 amide bonds. The molecule has 0 aromatic rings. The van der Waals surface area contributed by atoms with E-state index in [1.165, 1.54) is 51.7 Å². The van der Waals surface area contributed by atoms with Gasteiger partial charge in [-0.3, -0.25) is 4.90 Å². The van der Waals surface area contributed by atoms with E-state index in [2.05, 4.69) is 37.9 Å². The van der Waals surface area contributed by atoms with Crippen LogP contribution in [0.25, 0.3) is 0 Å². The zero-order valence-electron chi connectivity index (χ0n) is 12.2. The van der Waals surface area contributed by atoms with E-state index in [9.17, 15) is 0 Å². The van der Waals surface area contributed by atoms with Crippen LogP contribution in [0.3, 0.4) is 0 Å². The molecule has 2 aliphatic rings. The van der Waals surface area contributed by atoms with Crippen molar-refractivity contribution < 1.29 is 0 Å². The Morgan fingerprint density at radius 1 is 1.12 bits per heavy atom. The molecule has 2 nitrogen and oxygen atoms in total. The summed E-state index contributed by atoms with van der Waals surface area (Å²) in [7, 11) is 0. The molecule has 100 valence electrons. The summed E-state index contributed by atoms with van der Waals surface area (Å²) in [5.41, 5.74) is 0.773. The molecule has 1 N–H and O–H groups in total. The fraction of sp³-hybridized carbons (Fsp3) is 1.00. The molecular formula is C15H30N2. The smallest absolute Gasteiger partial charge is 0.0335 e. The molecule has 1 heterocycles. The molecular weight excluding hydrogens is 208 g/mol. The molecule has 0 atom stereocenters. The van der Waals surface area contributed by atoms with Crippen molar-refractivity contribution >= 4 is 0 Å². The molecule has 2 heteroatoms. The molecule has 1 saturated heterocycles. The average molecular weight is 238 g/mol. The number of hydrogen-bond donors (Lipinski definition) is 1. The first-order valence-electron chi connectivity index (χ1n) is 7.44. The van der Waals surface area contributed by atoms with Gasteiger partial charge in [0, 0.05) is 30.7 Å². The minimum atomic E-state index is 0.289. The Morgan fingerprint density at radius 2 is 1.76 bits per heavy atom. The highest BCUT2D eigenvalue weighted by atomic mass is 15.3. The average Bonchev–Trinajstić information content (AvgIpc) is 2.25. The van der Waals surface area contributed by atoms with Gasteiger partial charge in [-0.15, -0.1) is 0 Å². The zero-order chi connectivity index (χ0) is 12.5. The van der Waals surface area contributed by atoms with Crippen LogP contribution in [0.1, 0.15) is 59.8 Å². The zero-order valence-corrected chi connectivity index (χ0v) is 12.2. The van der Waals surface area contributed by atoms with Gasteiger partial charge in [0.1, 0.15) is 0 Å². The van der Waals surface area contributed by atoms with E-state index >= 15 is 0 Å². The van der Waals surface area contributed by atoms with Crippen molar-refractivity contribution in [3.8, 4) is 0 Å². The summed E-state index contributed by atoms with van der Waals surface area (Å²) < 4.78 is 0. The second-order valence-corrected chi connectivity index (χ2v) is 7.30. The Morgan fingerprint density at radius 3 is 2.35 bits per heavy atom. The van der Waals surface area contributed by atoms with Crippen molar-refractivity contribution in [2.75, 3.05) is 19.6 Å². The first-order valence-corrected chi connectivity index (χ1v) is 7.44. The second kappa shape index (κ2) is 4.89. The van der Waals surface area contributed by atoms with Crippen molar-refractivity contribution in [2.24, 2.45) is 5.92 Å².